The Morgan fingerprint density at radius 2 is 2.08 bits per heavy atom. The van der Waals surface area contributed by atoms with Gasteiger partial charge in [0.05, 0.1) is 6.10 Å². The van der Waals surface area contributed by atoms with Crippen LogP contribution in [-0.4, -0.2) is 19.1 Å². The normalized spacial score (nSPS) is 16.5. The van der Waals surface area contributed by atoms with Crippen molar-refractivity contribution in [2.45, 2.75) is 38.7 Å². The van der Waals surface area contributed by atoms with Gasteiger partial charge in [0.15, 0.2) is 5.96 Å². The second-order valence-corrected chi connectivity index (χ2v) is 6.57. The number of anilines is 1. The number of hydrogen-bond donors (Lipinski definition) is 2. The smallest absolute Gasteiger partial charge is 0.193 e. The molecule has 0 saturated heterocycles. The molecule has 0 aromatic heterocycles. The van der Waals surface area contributed by atoms with Gasteiger partial charge < -0.3 is 15.8 Å². The Bertz CT molecular complexity index is 733. The first-order valence-corrected chi connectivity index (χ1v) is 9.05. The standard InChI is InChI=1S/C21H27N3O.HI/c1-16-7-4-10-18(15-16)24-21(22)23-13-6-14-25-20-12-5-9-17-8-2-3-11-19(17)20;/h2-4,7-8,10-11,15,20H,5-6,9,12-14H2,1H3,(H3,22,23,24);1H. The molecule has 140 valence electrons. The first-order valence-electron chi connectivity index (χ1n) is 9.05. The minimum atomic E-state index is 0. The Labute approximate surface area is 173 Å². The lowest BCUT2D eigenvalue weighted by atomic mass is 9.89. The Balaban J connectivity index is 0.00000243. The third-order valence-corrected chi connectivity index (χ3v) is 4.51. The first-order chi connectivity index (χ1) is 12.2. The van der Waals surface area contributed by atoms with E-state index in [0.717, 1.165) is 18.5 Å². The maximum Gasteiger partial charge on any atom is 0.193 e. The van der Waals surface area contributed by atoms with Gasteiger partial charge in [-0.05, 0) is 61.4 Å². The van der Waals surface area contributed by atoms with Gasteiger partial charge in [-0.2, -0.15) is 0 Å². The highest BCUT2D eigenvalue weighted by molar-refractivity contribution is 14.0. The average Bonchev–Trinajstić information content (AvgIpc) is 2.61. The zero-order valence-corrected chi connectivity index (χ0v) is 17.6. The molecule has 0 radical (unpaired) electrons. The Hall–Kier alpha value is -1.60. The van der Waals surface area contributed by atoms with Crippen molar-refractivity contribution in [3.63, 3.8) is 0 Å². The number of fused-ring (bicyclic) bond motifs is 1. The summed E-state index contributed by atoms with van der Waals surface area (Å²) in [7, 11) is 0. The first kappa shape index (κ1) is 20.7. The summed E-state index contributed by atoms with van der Waals surface area (Å²) in [6.07, 6.45) is 4.58. The lowest BCUT2D eigenvalue weighted by Crippen LogP contribution is -2.23. The SMILES string of the molecule is Cc1cccc(NC(N)=NCCCOC2CCCc3ccccc32)c1.I. The van der Waals surface area contributed by atoms with Crippen molar-refractivity contribution in [2.24, 2.45) is 10.7 Å². The van der Waals surface area contributed by atoms with E-state index in [0.29, 0.717) is 19.1 Å². The summed E-state index contributed by atoms with van der Waals surface area (Å²) in [5, 5.41) is 3.12. The van der Waals surface area contributed by atoms with Crippen LogP contribution in [0.1, 0.15) is 42.1 Å². The van der Waals surface area contributed by atoms with Gasteiger partial charge >= 0.3 is 0 Å². The number of hydrogen-bond acceptors (Lipinski definition) is 2. The number of guanidine groups is 1. The molecule has 0 amide bonds. The van der Waals surface area contributed by atoms with Gasteiger partial charge in [0.1, 0.15) is 0 Å². The number of nitrogens with one attached hydrogen (secondary N) is 1. The van der Waals surface area contributed by atoms with Crippen LogP contribution in [0.5, 0.6) is 0 Å². The van der Waals surface area contributed by atoms with Crippen molar-refractivity contribution < 1.29 is 4.74 Å². The maximum absolute atomic E-state index is 6.09. The van der Waals surface area contributed by atoms with E-state index in [4.69, 9.17) is 10.5 Å². The number of halogens is 1. The van der Waals surface area contributed by atoms with Gasteiger partial charge in [-0.15, -0.1) is 24.0 Å². The lowest BCUT2D eigenvalue weighted by Gasteiger charge is -2.25. The Kier molecular flexibility index (Phi) is 8.38. The molecule has 0 bridgehead atoms. The highest BCUT2D eigenvalue weighted by atomic mass is 127. The fourth-order valence-corrected chi connectivity index (χ4v) is 3.28. The number of ether oxygens (including phenoxy) is 1. The molecule has 0 aliphatic heterocycles. The summed E-state index contributed by atoms with van der Waals surface area (Å²) >= 11 is 0. The molecule has 1 aliphatic rings. The van der Waals surface area contributed by atoms with Crippen molar-refractivity contribution in [1.29, 1.82) is 0 Å². The summed E-state index contributed by atoms with van der Waals surface area (Å²) in [5.41, 5.74) is 10.9. The van der Waals surface area contributed by atoms with Crippen molar-refractivity contribution in [3.05, 3.63) is 65.2 Å². The molecule has 1 unspecified atom stereocenters. The molecule has 2 aromatic carbocycles. The fraction of sp³-hybridized carbons (Fsp3) is 0.381. The molecule has 2 aromatic rings. The minimum Gasteiger partial charge on any atom is -0.373 e. The molecule has 0 spiro atoms. The number of benzene rings is 2. The molecule has 1 atom stereocenters. The molecule has 0 heterocycles. The van der Waals surface area contributed by atoms with E-state index >= 15 is 0 Å². The summed E-state index contributed by atoms with van der Waals surface area (Å²) < 4.78 is 6.09. The number of aryl methyl sites for hydroxylation is 2. The monoisotopic (exact) mass is 465 g/mol. The van der Waals surface area contributed by atoms with Crippen molar-refractivity contribution in [2.75, 3.05) is 18.5 Å². The molecule has 5 heteroatoms. The highest BCUT2D eigenvalue weighted by Gasteiger charge is 2.19. The second-order valence-electron chi connectivity index (χ2n) is 6.57. The predicted octanol–water partition coefficient (Wildman–Crippen LogP) is 4.82. The Morgan fingerprint density at radius 1 is 1.23 bits per heavy atom. The predicted molar refractivity (Wildman–Crippen MR) is 119 cm³/mol. The van der Waals surface area contributed by atoms with Gasteiger partial charge in [0.25, 0.3) is 0 Å². The topological polar surface area (TPSA) is 59.6 Å². The highest BCUT2D eigenvalue weighted by Crippen LogP contribution is 2.32. The molecule has 1 aliphatic carbocycles. The molecular formula is C21H28IN3O. The lowest BCUT2D eigenvalue weighted by molar-refractivity contribution is 0.0403. The van der Waals surface area contributed by atoms with E-state index < -0.39 is 0 Å². The summed E-state index contributed by atoms with van der Waals surface area (Å²) in [5.74, 6) is 0.452. The second kappa shape index (κ2) is 10.5. The average molecular weight is 465 g/mol. The van der Waals surface area contributed by atoms with Crippen LogP contribution >= 0.6 is 24.0 Å². The number of rotatable bonds is 6. The summed E-state index contributed by atoms with van der Waals surface area (Å²) in [4.78, 5) is 4.38. The molecule has 0 saturated carbocycles. The summed E-state index contributed by atoms with van der Waals surface area (Å²) in [6, 6.07) is 16.7. The third kappa shape index (κ3) is 5.99. The fourth-order valence-electron chi connectivity index (χ4n) is 3.28. The van der Waals surface area contributed by atoms with E-state index in [2.05, 4.69) is 47.6 Å². The van der Waals surface area contributed by atoms with Crippen molar-refractivity contribution >= 4 is 35.6 Å². The molecular weight excluding hydrogens is 437 g/mol. The molecule has 3 rings (SSSR count). The van der Waals surface area contributed by atoms with Crippen LogP contribution < -0.4 is 11.1 Å². The van der Waals surface area contributed by atoms with Gasteiger partial charge in [-0.25, -0.2) is 0 Å². The minimum absolute atomic E-state index is 0. The van der Waals surface area contributed by atoms with E-state index in [9.17, 15) is 0 Å². The van der Waals surface area contributed by atoms with Crippen molar-refractivity contribution in [3.8, 4) is 0 Å². The van der Waals surface area contributed by atoms with E-state index in [1.54, 1.807) is 0 Å². The van der Waals surface area contributed by atoms with E-state index in [1.807, 2.05) is 18.2 Å². The van der Waals surface area contributed by atoms with Gasteiger partial charge in [-0.3, -0.25) is 4.99 Å². The largest absolute Gasteiger partial charge is 0.373 e. The quantitative estimate of drug-likeness (QED) is 0.278. The Morgan fingerprint density at radius 3 is 2.92 bits per heavy atom. The molecule has 0 fully saturated rings. The van der Waals surface area contributed by atoms with Crippen LogP contribution in [0.25, 0.3) is 0 Å². The van der Waals surface area contributed by atoms with Crippen LogP contribution in [0.15, 0.2) is 53.5 Å². The number of aliphatic imine (C=N–C) groups is 1. The van der Waals surface area contributed by atoms with Gasteiger partial charge in [0.2, 0.25) is 0 Å². The zero-order chi connectivity index (χ0) is 17.5. The number of nitrogens with two attached hydrogens (primary N) is 1. The molecule has 4 nitrogen and oxygen atoms in total. The van der Waals surface area contributed by atoms with E-state index in [1.165, 1.54) is 29.5 Å². The zero-order valence-electron chi connectivity index (χ0n) is 15.3. The van der Waals surface area contributed by atoms with Crippen LogP contribution in [-0.2, 0) is 11.2 Å². The van der Waals surface area contributed by atoms with Crippen LogP contribution in [0, 0.1) is 6.92 Å². The van der Waals surface area contributed by atoms with E-state index in [-0.39, 0.29) is 30.1 Å². The number of nitrogens with zero attached hydrogens (tertiary/aromatic N) is 1. The van der Waals surface area contributed by atoms with Crippen LogP contribution in [0.3, 0.4) is 0 Å². The van der Waals surface area contributed by atoms with Crippen LogP contribution in [0.4, 0.5) is 5.69 Å². The third-order valence-electron chi connectivity index (χ3n) is 4.51. The maximum atomic E-state index is 6.09. The molecule has 26 heavy (non-hydrogen) atoms. The summed E-state index contributed by atoms with van der Waals surface area (Å²) in [6.45, 7) is 3.43. The van der Waals surface area contributed by atoms with Gasteiger partial charge in [-0.1, -0.05) is 36.4 Å². The van der Waals surface area contributed by atoms with Crippen molar-refractivity contribution in [1.82, 2.24) is 0 Å². The van der Waals surface area contributed by atoms with Crippen LogP contribution in [0.2, 0.25) is 0 Å². The van der Waals surface area contributed by atoms with Gasteiger partial charge in [0, 0.05) is 18.8 Å². The molecule has 3 N–H and O–H groups in total.